The van der Waals surface area contributed by atoms with Crippen molar-refractivity contribution in [2.75, 3.05) is 0 Å². The van der Waals surface area contributed by atoms with Crippen LogP contribution in [-0.2, 0) is 21.7 Å². The maximum absolute atomic E-state index is 3.67. The van der Waals surface area contributed by atoms with Crippen LogP contribution in [0.2, 0.25) is 0 Å². The van der Waals surface area contributed by atoms with Crippen LogP contribution in [0.5, 0.6) is 0 Å². The van der Waals surface area contributed by atoms with E-state index in [1.54, 1.807) is 5.20 Å². The van der Waals surface area contributed by atoms with E-state index in [0.717, 1.165) is 12.8 Å². The van der Waals surface area contributed by atoms with Gasteiger partial charge in [0, 0.05) is 0 Å². The zero-order valence-corrected chi connectivity index (χ0v) is 29.1. The Balaban J connectivity index is 0.00000361. The zero-order valence-electron chi connectivity index (χ0n) is 24.3. The molecule has 3 aromatic carbocycles. The van der Waals surface area contributed by atoms with Gasteiger partial charge in [0.25, 0.3) is 0 Å². The van der Waals surface area contributed by atoms with E-state index in [0.29, 0.717) is 17.8 Å². The van der Waals surface area contributed by atoms with Crippen LogP contribution in [0, 0.1) is 6.08 Å². The van der Waals surface area contributed by atoms with Gasteiger partial charge in [0.1, 0.15) is 0 Å². The van der Waals surface area contributed by atoms with Gasteiger partial charge < -0.3 is 37.2 Å². The summed E-state index contributed by atoms with van der Waals surface area (Å²) in [6.45, 7) is 16.1. The molecule has 0 heterocycles. The predicted molar refractivity (Wildman–Crippen MR) is 156 cm³/mol. The van der Waals surface area contributed by atoms with Gasteiger partial charge >= 0.3 is 21.7 Å². The first-order valence-corrected chi connectivity index (χ1v) is 15.4. The number of rotatable bonds is 8. The molecule has 39 heavy (non-hydrogen) atoms. The summed E-state index contributed by atoms with van der Waals surface area (Å²) in [6, 6.07) is 28.6. The van der Waals surface area contributed by atoms with Crippen molar-refractivity contribution in [1.29, 1.82) is 0 Å². The van der Waals surface area contributed by atoms with Crippen LogP contribution in [-0.4, -0.2) is 8.07 Å². The maximum atomic E-state index is 3.67. The molecule has 5 heteroatoms. The summed E-state index contributed by atoms with van der Waals surface area (Å²) in [4.78, 5) is 0. The standard InChI is InChI=1S/C34H41Si.3ClH.Ti/c1-8-27-13-12-20-34(27)35(31-17-9-14-28(21-31)24(2)3,32-18-10-15-29(22-32)25(4)5)33-19-11-16-30(23-33)26(6)7;;;;/h9-12,14-19,21-26H,8,20H2,1-7H3;3*1H;/q-1;;;;+4/p-3. The first-order chi connectivity index (χ1) is 16.8. The molecule has 0 atom stereocenters. The number of allylic oxidation sites excluding steroid dienone is 4. The number of halogens is 3. The van der Waals surface area contributed by atoms with E-state index in [9.17, 15) is 0 Å². The van der Waals surface area contributed by atoms with Crippen molar-refractivity contribution in [2.45, 2.75) is 79.1 Å². The van der Waals surface area contributed by atoms with E-state index in [1.807, 2.05) is 0 Å². The van der Waals surface area contributed by atoms with Gasteiger partial charge in [-0.05, 0) is 34.4 Å². The second-order valence-electron chi connectivity index (χ2n) is 11.0. The van der Waals surface area contributed by atoms with E-state index in [2.05, 4.69) is 133 Å². The number of benzene rings is 3. The molecule has 1 aliphatic rings. The minimum Gasteiger partial charge on any atom is -1.00 e. The molecular formula is C34H41Cl3SiTi. The minimum atomic E-state index is -2.52. The van der Waals surface area contributed by atoms with Gasteiger partial charge in [0.2, 0.25) is 0 Å². The van der Waals surface area contributed by atoms with Crippen LogP contribution in [0.3, 0.4) is 0 Å². The molecule has 206 valence electrons. The van der Waals surface area contributed by atoms with E-state index in [-0.39, 0.29) is 58.9 Å². The fraction of sp³-hybridized carbons (Fsp3) is 0.353. The van der Waals surface area contributed by atoms with E-state index in [1.165, 1.54) is 37.8 Å². The zero-order chi connectivity index (χ0) is 25.2. The summed E-state index contributed by atoms with van der Waals surface area (Å²) >= 11 is 0. The van der Waals surface area contributed by atoms with Crippen molar-refractivity contribution in [3.63, 3.8) is 0 Å². The molecule has 3 aromatic rings. The summed E-state index contributed by atoms with van der Waals surface area (Å²) < 4.78 is 0. The van der Waals surface area contributed by atoms with Crippen LogP contribution in [0.15, 0.2) is 89.6 Å². The fourth-order valence-electron chi connectivity index (χ4n) is 5.60. The average molecular weight is 632 g/mol. The van der Waals surface area contributed by atoms with Crippen molar-refractivity contribution in [3.8, 4) is 0 Å². The Bertz CT molecular complexity index is 1140. The van der Waals surface area contributed by atoms with Gasteiger partial charge in [-0.25, -0.2) is 10.8 Å². The van der Waals surface area contributed by atoms with Crippen molar-refractivity contribution in [1.82, 2.24) is 0 Å². The molecule has 0 saturated heterocycles. The van der Waals surface area contributed by atoms with Crippen LogP contribution >= 0.6 is 0 Å². The Labute approximate surface area is 272 Å². The Hall–Kier alpha value is -1.06. The molecule has 0 aliphatic heterocycles. The second kappa shape index (κ2) is 16.4. The summed E-state index contributed by atoms with van der Waals surface area (Å²) in [5, 5.41) is 6.12. The molecule has 0 saturated carbocycles. The Morgan fingerprint density at radius 3 is 1.31 bits per heavy atom. The van der Waals surface area contributed by atoms with E-state index < -0.39 is 8.07 Å². The molecule has 0 aromatic heterocycles. The molecule has 0 bridgehead atoms. The smallest absolute Gasteiger partial charge is 1.00 e. The third kappa shape index (κ3) is 7.62. The van der Waals surface area contributed by atoms with Gasteiger partial charge in [0.15, 0.2) is 0 Å². The van der Waals surface area contributed by atoms with Crippen molar-refractivity contribution < 1.29 is 58.9 Å². The van der Waals surface area contributed by atoms with E-state index in [4.69, 9.17) is 0 Å². The Morgan fingerprint density at radius 2 is 1.00 bits per heavy atom. The second-order valence-corrected chi connectivity index (χ2v) is 14.8. The van der Waals surface area contributed by atoms with Gasteiger partial charge in [-0.15, -0.1) is 0 Å². The molecule has 0 fully saturated rings. The van der Waals surface area contributed by atoms with Gasteiger partial charge in [-0.1, -0.05) is 150 Å². The summed E-state index contributed by atoms with van der Waals surface area (Å²) in [5.41, 5.74) is 5.69. The molecule has 0 nitrogen and oxygen atoms in total. The van der Waals surface area contributed by atoms with Crippen molar-refractivity contribution in [2.24, 2.45) is 0 Å². The molecule has 0 spiro atoms. The van der Waals surface area contributed by atoms with E-state index >= 15 is 0 Å². The number of hydrogen-bond donors (Lipinski definition) is 0. The largest absolute Gasteiger partial charge is 4.00 e. The molecule has 1 aliphatic carbocycles. The third-order valence-corrected chi connectivity index (χ3v) is 12.7. The molecule has 0 radical (unpaired) electrons. The summed E-state index contributed by atoms with van der Waals surface area (Å²) in [7, 11) is -2.52. The SMILES string of the molecule is CCC1=C([Si](c2cccc(C(C)C)c2)(c2cccc(C(C)C)c2)c2cccc(C(C)C)c2)CC=[C-]1.[Cl-].[Cl-].[Cl-].[Ti+4]. The first kappa shape index (κ1) is 37.9. The summed E-state index contributed by atoms with van der Waals surface area (Å²) in [5.74, 6) is 1.50. The first-order valence-electron chi connectivity index (χ1n) is 13.4. The summed E-state index contributed by atoms with van der Waals surface area (Å²) in [6.07, 6.45) is 7.98. The maximum Gasteiger partial charge on any atom is 4.00 e. The monoisotopic (exact) mass is 630 g/mol. The van der Waals surface area contributed by atoms with Crippen LogP contribution in [0.4, 0.5) is 0 Å². The van der Waals surface area contributed by atoms with Crippen LogP contribution < -0.4 is 52.8 Å². The molecule has 4 rings (SSSR count). The predicted octanol–water partition coefficient (Wildman–Crippen LogP) is -1.45. The average Bonchev–Trinajstić information content (AvgIpc) is 3.34. The normalized spacial score (nSPS) is 12.7. The van der Waals surface area contributed by atoms with Crippen LogP contribution in [0.25, 0.3) is 0 Å². The van der Waals surface area contributed by atoms with Crippen LogP contribution in [0.1, 0.15) is 95.8 Å². The topological polar surface area (TPSA) is 0 Å². The Kier molecular flexibility index (Phi) is 16.0. The number of hydrogen-bond acceptors (Lipinski definition) is 0. The Morgan fingerprint density at radius 1 is 0.641 bits per heavy atom. The van der Waals surface area contributed by atoms with Crippen molar-refractivity contribution >= 4 is 23.6 Å². The minimum absolute atomic E-state index is 0. The quantitative estimate of drug-likeness (QED) is 0.162. The third-order valence-electron chi connectivity index (χ3n) is 7.71. The molecule has 0 unspecified atom stereocenters. The molecular weight excluding hydrogens is 591 g/mol. The molecule has 0 amide bonds. The fourth-order valence-corrected chi connectivity index (χ4v) is 10.9. The van der Waals surface area contributed by atoms with Gasteiger partial charge in [-0.2, -0.15) is 6.08 Å². The molecule has 0 N–H and O–H groups in total. The van der Waals surface area contributed by atoms with Gasteiger partial charge in [0.05, 0.1) is 8.07 Å². The van der Waals surface area contributed by atoms with Crippen molar-refractivity contribution in [3.05, 3.63) is 112 Å². The van der Waals surface area contributed by atoms with Gasteiger partial charge in [-0.3, -0.25) is 6.08 Å².